The van der Waals surface area contributed by atoms with Crippen LogP contribution in [0.1, 0.15) is 24.0 Å². The van der Waals surface area contributed by atoms with Crippen LogP contribution in [0, 0.1) is 0 Å². The molecule has 0 saturated heterocycles. The van der Waals surface area contributed by atoms with E-state index in [1.165, 1.54) is 49.2 Å². The Hall–Kier alpha value is -0.580. The molecule has 2 heterocycles. The molecule has 3 heteroatoms. The number of nitrogens with zero attached hydrogens (tertiary/aromatic N) is 1. The number of nitrogens with two attached hydrogens (primary N) is 1. The molecule has 2 N–H and O–H groups in total. The van der Waals surface area contributed by atoms with E-state index in [9.17, 15) is 0 Å². The first-order valence-electron chi connectivity index (χ1n) is 5.34. The smallest absolute Gasteiger partial charge is 0.183 e. The van der Waals surface area contributed by atoms with Gasteiger partial charge in [-0.2, -0.15) is 0 Å². The highest BCUT2D eigenvalue weighted by molar-refractivity contribution is 6.00. The van der Waals surface area contributed by atoms with Gasteiger partial charge in [0.25, 0.3) is 0 Å². The van der Waals surface area contributed by atoms with Crippen LogP contribution in [0.5, 0.6) is 0 Å². The molecule has 0 aliphatic carbocycles. The first-order valence-corrected chi connectivity index (χ1v) is 5.34. The number of rotatable bonds is 0. The van der Waals surface area contributed by atoms with E-state index >= 15 is 0 Å². The Labute approximate surface area is 107 Å². The first-order chi connectivity index (χ1) is 6.84. The van der Waals surface area contributed by atoms with Gasteiger partial charge in [0.15, 0.2) is 5.71 Å². The third-order valence-electron chi connectivity index (χ3n) is 3.32. The highest BCUT2D eigenvalue weighted by Crippen LogP contribution is 2.23. The maximum absolute atomic E-state index is 5.83. The Bertz CT molecular complexity index is 424. The molecule has 0 saturated carbocycles. The highest BCUT2D eigenvalue weighted by atomic mass is 127. The van der Waals surface area contributed by atoms with Crippen molar-refractivity contribution in [3.63, 3.8) is 0 Å². The molecule has 80 valence electrons. The molecule has 0 spiro atoms. The van der Waals surface area contributed by atoms with Gasteiger partial charge >= 0.3 is 0 Å². The topological polar surface area (TPSA) is 29.0 Å². The van der Waals surface area contributed by atoms with Crippen molar-refractivity contribution < 1.29 is 28.6 Å². The minimum absolute atomic E-state index is 0. The lowest BCUT2D eigenvalue weighted by Crippen LogP contribution is -3.00. The average molecular weight is 314 g/mol. The zero-order valence-electron chi connectivity index (χ0n) is 8.67. The van der Waals surface area contributed by atoms with Gasteiger partial charge < -0.3 is 29.7 Å². The molecule has 0 aromatic heterocycles. The average Bonchev–Trinajstić information content (AvgIpc) is 2.65. The highest BCUT2D eigenvalue weighted by Gasteiger charge is 2.29. The Morgan fingerprint density at radius 3 is 2.87 bits per heavy atom. The number of hydrogen-bond donors (Lipinski definition) is 1. The van der Waals surface area contributed by atoms with E-state index in [0.29, 0.717) is 0 Å². The van der Waals surface area contributed by atoms with Gasteiger partial charge in [-0.05, 0) is 17.7 Å². The van der Waals surface area contributed by atoms with Gasteiger partial charge in [-0.25, -0.2) is 4.58 Å². The van der Waals surface area contributed by atoms with Crippen molar-refractivity contribution in [1.82, 2.24) is 0 Å². The number of benzene rings is 1. The van der Waals surface area contributed by atoms with Crippen LogP contribution < -0.4 is 29.7 Å². The van der Waals surface area contributed by atoms with Crippen molar-refractivity contribution in [3.8, 4) is 0 Å². The van der Waals surface area contributed by atoms with Crippen LogP contribution in [-0.4, -0.2) is 23.4 Å². The minimum atomic E-state index is 0. The standard InChI is InChI=1S/C12H15N2.HI/c13-10-4-3-9-5-7-14-6-1-2-12(14)11(9)8-10;/h3-4,8H,1-2,5-7,13H2;1H/q+1;/p-1. The van der Waals surface area contributed by atoms with Gasteiger partial charge in [0, 0.05) is 30.5 Å². The summed E-state index contributed by atoms with van der Waals surface area (Å²) in [7, 11) is 0. The molecular weight excluding hydrogens is 299 g/mol. The summed E-state index contributed by atoms with van der Waals surface area (Å²) in [4.78, 5) is 0. The van der Waals surface area contributed by atoms with Gasteiger partial charge in [0.05, 0.1) is 0 Å². The summed E-state index contributed by atoms with van der Waals surface area (Å²) in [6, 6.07) is 6.35. The Morgan fingerprint density at radius 1 is 1.13 bits per heavy atom. The maximum Gasteiger partial charge on any atom is 0.183 e. The van der Waals surface area contributed by atoms with E-state index in [0.717, 1.165) is 5.69 Å². The molecule has 2 aliphatic rings. The van der Waals surface area contributed by atoms with E-state index in [-0.39, 0.29) is 24.0 Å². The molecule has 2 aliphatic heterocycles. The third-order valence-corrected chi connectivity index (χ3v) is 3.32. The van der Waals surface area contributed by atoms with Crippen molar-refractivity contribution in [2.24, 2.45) is 0 Å². The summed E-state index contributed by atoms with van der Waals surface area (Å²) >= 11 is 0. The molecule has 3 rings (SSSR count). The summed E-state index contributed by atoms with van der Waals surface area (Å²) < 4.78 is 2.52. The largest absolute Gasteiger partial charge is 1.00 e. The van der Waals surface area contributed by atoms with Gasteiger partial charge in [0.1, 0.15) is 13.1 Å². The number of anilines is 1. The van der Waals surface area contributed by atoms with Crippen molar-refractivity contribution in [3.05, 3.63) is 29.3 Å². The van der Waals surface area contributed by atoms with Crippen LogP contribution in [0.15, 0.2) is 18.2 Å². The molecule has 0 bridgehead atoms. The summed E-state index contributed by atoms with van der Waals surface area (Å²) in [6.07, 6.45) is 3.72. The quantitative estimate of drug-likeness (QED) is 0.350. The minimum Gasteiger partial charge on any atom is -1.00 e. The lowest BCUT2D eigenvalue weighted by atomic mass is 9.96. The third kappa shape index (κ3) is 1.77. The second kappa shape index (κ2) is 4.12. The molecule has 0 atom stereocenters. The summed E-state index contributed by atoms with van der Waals surface area (Å²) in [5, 5.41) is 0. The lowest BCUT2D eigenvalue weighted by Gasteiger charge is -2.14. The molecule has 0 radical (unpaired) electrons. The maximum atomic E-state index is 5.83. The van der Waals surface area contributed by atoms with Crippen molar-refractivity contribution in [1.29, 1.82) is 0 Å². The van der Waals surface area contributed by atoms with Crippen LogP contribution in [0.4, 0.5) is 5.69 Å². The van der Waals surface area contributed by atoms with Crippen LogP contribution in [0.2, 0.25) is 0 Å². The van der Waals surface area contributed by atoms with Crippen molar-refractivity contribution in [2.75, 3.05) is 18.8 Å². The molecule has 1 aromatic carbocycles. The summed E-state index contributed by atoms with van der Waals surface area (Å²) in [5.41, 5.74) is 11.1. The number of halogens is 1. The van der Waals surface area contributed by atoms with Crippen LogP contribution in [0.3, 0.4) is 0 Å². The van der Waals surface area contributed by atoms with E-state index < -0.39 is 0 Å². The van der Waals surface area contributed by atoms with Crippen LogP contribution in [0.25, 0.3) is 0 Å². The van der Waals surface area contributed by atoms with Gasteiger partial charge in [-0.15, -0.1) is 0 Å². The van der Waals surface area contributed by atoms with Crippen LogP contribution in [-0.2, 0) is 6.42 Å². The van der Waals surface area contributed by atoms with E-state index in [1.807, 2.05) is 6.07 Å². The Balaban J connectivity index is 0.000000853. The molecular formula is C12H15IN2. The fraction of sp³-hybridized carbons (Fsp3) is 0.417. The van der Waals surface area contributed by atoms with Gasteiger partial charge in [0.2, 0.25) is 0 Å². The number of nitrogen functional groups attached to an aromatic ring is 1. The Kier molecular flexibility index (Phi) is 3.00. The number of hydrogen-bond acceptors (Lipinski definition) is 1. The van der Waals surface area contributed by atoms with E-state index in [1.54, 1.807) is 0 Å². The van der Waals surface area contributed by atoms with E-state index in [4.69, 9.17) is 5.73 Å². The lowest BCUT2D eigenvalue weighted by molar-refractivity contribution is -0.520. The molecule has 15 heavy (non-hydrogen) atoms. The molecule has 1 aromatic rings. The van der Waals surface area contributed by atoms with Gasteiger partial charge in [-0.3, -0.25) is 0 Å². The number of fused-ring (bicyclic) bond motifs is 2. The zero-order valence-corrected chi connectivity index (χ0v) is 10.8. The molecule has 0 unspecified atom stereocenters. The summed E-state index contributed by atoms with van der Waals surface area (Å²) in [5.74, 6) is 0. The normalized spacial score (nSPS) is 18.1. The van der Waals surface area contributed by atoms with Crippen LogP contribution >= 0.6 is 0 Å². The monoisotopic (exact) mass is 314 g/mol. The fourth-order valence-electron chi connectivity index (χ4n) is 2.62. The van der Waals surface area contributed by atoms with Gasteiger partial charge in [-0.1, -0.05) is 6.07 Å². The summed E-state index contributed by atoms with van der Waals surface area (Å²) in [6.45, 7) is 2.44. The fourth-order valence-corrected chi connectivity index (χ4v) is 2.62. The van der Waals surface area contributed by atoms with Crippen molar-refractivity contribution >= 4 is 11.4 Å². The van der Waals surface area contributed by atoms with E-state index in [2.05, 4.69) is 16.7 Å². The zero-order chi connectivity index (χ0) is 9.54. The van der Waals surface area contributed by atoms with Crippen molar-refractivity contribution in [2.45, 2.75) is 19.3 Å². The predicted octanol–water partition coefficient (Wildman–Crippen LogP) is -1.58. The Morgan fingerprint density at radius 2 is 2.00 bits per heavy atom. The predicted molar refractivity (Wildman–Crippen MR) is 57.9 cm³/mol. The molecule has 0 amide bonds. The first kappa shape index (κ1) is 10.9. The second-order valence-electron chi connectivity index (χ2n) is 4.20. The molecule has 0 fully saturated rings. The second-order valence-corrected chi connectivity index (χ2v) is 4.20. The molecule has 2 nitrogen and oxygen atoms in total. The SMILES string of the molecule is Nc1ccc2c(c1)C1=[N+](CCC1)CC2.[I-].